The SMILES string of the molecule is C=CC(=O)Nc1cccc(Nc2cc(Oc3ccc(Oc4ccccc4)cc3)ncn2)c1. The number of carbonyl (C=O) groups is 1. The van der Waals surface area contributed by atoms with Crippen LogP contribution in [0.15, 0.2) is 104 Å². The minimum Gasteiger partial charge on any atom is -0.457 e. The first-order valence-electron chi connectivity index (χ1n) is 9.81. The number of carbonyl (C=O) groups excluding carboxylic acids is 1. The molecule has 32 heavy (non-hydrogen) atoms. The summed E-state index contributed by atoms with van der Waals surface area (Å²) in [5.41, 5.74) is 1.39. The van der Waals surface area contributed by atoms with Gasteiger partial charge >= 0.3 is 0 Å². The summed E-state index contributed by atoms with van der Waals surface area (Å²) in [6.45, 7) is 3.45. The lowest BCUT2D eigenvalue weighted by Crippen LogP contribution is -2.07. The summed E-state index contributed by atoms with van der Waals surface area (Å²) in [6.07, 6.45) is 2.63. The van der Waals surface area contributed by atoms with Gasteiger partial charge in [0, 0.05) is 17.4 Å². The molecule has 1 amide bonds. The van der Waals surface area contributed by atoms with E-state index >= 15 is 0 Å². The molecule has 0 spiro atoms. The second-order valence-electron chi connectivity index (χ2n) is 6.63. The Bertz CT molecular complexity index is 1210. The molecule has 0 saturated heterocycles. The highest BCUT2D eigenvalue weighted by atomic mass is 16.5. The Morgan fingerprint density at radius 3 is 2.22 bits per heavy atom. The molecule has 158 valence electrons. The van der Waals surface area contributed by atoms with E-state index in [1.165, 1.54) is 12.4 Å². The average molecular weight is 424 g/mol. The summed E-state index contributed by atoms with van der Waals surface area (Å²) >= 11 is 0. The van der Waals surface area contributed by atoms with Crippen LogP contribution < -0.4 is 20.1 Å². The second-order valence-corrected chi connectivity index (χ2v) is 6.63. The third kappa shape index (κ3) is 5.70. The molecule has 0 unspecified atom stereocenters. The van der Waals surface area contributed by atoms with Crippen molar-refractivity contribution in [2.75, 3.05) is 10.6 Å². The predicted molar refractivity (Wildman–Crippen MR) is 124 cm³/mol. The summed E-state index contributed by atoms with van der Waals surface area (Å²) in [4.78, 5) is 19.9. The minimum atomic E-state index is -0.278. The highest BCUT2D eigenvalue weighted by molar-refractivity contribution is 5.99. The van der Waals surface area contributed by atoms with Crippen molar-refractivity contribution in [2.45, 2.75) is 0 Å². The number of hydrogen-bond acceptors (Lipinski definition) is 6. The van der Waals surface area contributed by atoms with Gasteiger partial charge in [0.1, 0.15) is 29.4 Å². The molecule has 7 nitrogen and oxygen atoms in total. The minimum absolute atomic E-state index is 0.278. The van der Waals surface area contributed by atoms with E-state index in [-0.39, 0.29) is 5.91 Å². The van der Waals surface area contributed by atoms with Gasteiger partial charge in [0.05, 0.1) is 0 Å². The fourth-order valence-electron chi connectivity index (χ4n) is 2.80. The topological polar surface area (TPSA) is 85.4 Å². The number of rotatable bonds is 8. The Morgan fingerprint density at radius 1 is 0.781 bits per heavy atom. The quantitative estimate of drug-likeness (QED) is 0.341. The summed E-state index contributed by atoms with van der Waals surface area (Å²) < 4.78 is 11.6. The third-order valence-electron chi connectivity index (χ3n) is 4.25. The summed E-state index contributed by atoms with van der Waals surface area (Å²) in [5, 5.41) is 5.89. The van der Waals surface area contributed by atoms with E-state index in [4.69, 9.17) is 9.47 Å². The molecule has 0 saturated carbocycles. The van der Waals surface area contributed by atoms with Gasteiger partial charge in [-0.15, -0.1) is 0 Å². The van der Waals surface area contributed by atoms with Crippen molar-refractivity contribution in [3.8, 4) is 23.1 Å². The van der Waals surface area contributed by atoms with Crippen molar-refractivity contribution in [1.29, 1.82) is 0 Å². The molecule has 1 aromatic heterocycles. The molecule has 7 heteroatoms. The first-order valence-corrected chi connectivity index (χ1v) is 9.81. The Labute approximate surface area is 185 Å². The van der Waals surface area contributed by atoms with Crippen LogP contribution in [0.1, 0.15) is 0 Å². The van der Waals surface area contributed by atoms with Crippen molar-refractivity contribution in [1.82, 2.24) is 9.97 Å². The zero-order chi connectivity index (χ0) is 22.2. The van der Waals surface area contributed by atoms with E-state index in [0.29, 0.717) is 28.9 Å². The van der Waals surface area contributed by atoms with Gasteiger partial charge in [-0.3, -0.25) is 4.79 Å². The van der Waals surface area contributed by atoms with Crippen LogP contribution in [-0.4, -0.2) is 15.9 Å². The number of para-hydroxylation sites is 1. The number of aromatic nitrogens is 2. The molecule has 0 bridgehead atoms. The molecule has 3 aromatic carbocycles. The molecule has 0 aliphatic heterocycles. The fraction of sp³-hybridized carbons (Fsp3) is 0. The van der Waals surface area contributed by atoms with Gasteiger partial charge in [-0.1, -0.05) is 30.8 Å². The lowest BCUT2D eigenvalue weighted by atomic mass is 10.2. The lowest BCUT2D eigenvalue weighted by molar-refractivity contribution is -0.111. The maximum Gasteiger partial charge on any atom is 0.247 e. The van der Waals surface area contributed by atoms with Crippen molar-refractivity contribution in [2.24, 2.45) is 0 Å². The van der Waals surface area contributed by atoms with Gasteiger partial charge in [-0.2, -0.15) is 0 Å². The lowest BCUT2D eigenvalue weighted by Gasteiger charge is -2.10. The number of anilines is 3. The zero-order valence-corrected chi connectivity index (χ0v) is 17.1. The molecule has 2 N–H and O–H groups in total. The van der Waals surface area contributed by atoms with E-state index in [0.717, 1.165) is 11.4 Å². The highest BCUT2D eigenvalue weighted by Crippen LogP contribution is 2.27. The largest absolute Gasteiger partial charge is 0.457 e. The van der Waals surface area contributed by atoms with Crippen LogP contribution in [0.4, 0.5) is 17.2 Å². The smallest absolute Gasteiger partial charge is 0.247 e. The van der Waals surface area contributed by atoms with Crippen LogP contribution in [0.3, 0.4) is 0 Å². The van der Waals surface area contributed by atoms with Gasteiger partial charge < -0.3 is 20.1 Å². The maximum atomic E-state index is 11.5. The van der Waals surface area contributed by atoms with Crippen molar-refractivity contribution in [3.05, 3.63) is 104 Å². The number of nitrogens with one attached hydrogen (secondary N) is 2. The highest BCUT2D eigenvalue weighted by Gasteiger charge is 2.05. The zero-order valence-electron chi connectivity index (χ0n) is 17.1. The van der Waals surface area contributed by atoms with Crippen LogP contribution in [0.5, 0.6) is 23.1 Å². The van der Waals surface area contributed by atoms with Crippen LogP contribution in [0.25, 0.3) is 0 Å². The Balaban J connectivity index is 1.40. The summed E-state index contributed by atoms with van der Waals surface area (Å²) in [5.74, 6) is 2.74. The first kappa shape index (κ1) is 20.6. The van der Waals surface area contributed by atoms with Crippen LogP contribution in [0, 0.1) is 0 Å². The maximum absolute atomic E-state index is 11.5. The van der Waals surface area contributed by atoms with E-state index in [1.807, 2.05) is 54.6 Å². The van der Waals surface area contributed by atoms with Gasteiger partial charge in [-0.25, -0.2) is 9.97 Å². The van der Waals surface area contributed by atoms with Crippen LogP contribution >= 0.6 is 0 Å². The molecule has 0 aliphatic carbocycles. The number of ether oxygens (including phenoxy) is 2. The van der Waals surface area contributed by atoms with E-state index in [2.05, 4.69) is 27.2 Å². The number of nitrogens with zero attached hydrogens (tertiary/aromatic N) is 2. The van der Waals surface area contributed by atoms with Crippen molar-refractivity contribution in [3.63, 3.8) is 0 Å². The van der Waals surface area contributed by atoms with E-state index in [9.17, 15) is 4.79 Å². The second kappa shape index (κ2) is 9.90. The normalized spacial score (nSPS) is 10.1. The van der Waals surface area contributed by atoms with Gasteiger partial charge in [0.15, 0.2) is 0 Å². The molecule has 4 rings (SSSR count). The molecule has 0 fully saturated rings. The van der Waals surface area contributed by atoms with Crippen molar-refractivity contribution < 1.29 is 14.3 Å². The average Bonchev–Trinajstić information content (AvgIpc) is 2.81. The molecular formula is C25H20N4O3. The Hall–Kier alpha value is -4.65. The van der Waals surface area contributed by atoms with Gasteiger partial charge in [-0.05, 0) is 60.7 Å². The van der Waals surface area contributed by atoms with Gasteiger partial charge in [0.25, 0.3) is 0 Å². The Kier molecular flexibility index (Phi) is 6.38. The van der Waals surface area contributed by atoms with Crippen molar-refractivity contribution >= 4 is 23.1 Å². The monoisotopic (exact) mass is 424 g/mol. The van der Waals surface area contributed by atoms with E-state index < -0.39 is 0 Å². The molecule has 4 aromatic rings. The molecular weight excluding hydrogens is 404 g/mol. The number of hydrogen-bond donors (Lipinski definition) is 2. The predicted octanol–water partition coefficient (Wildman–Crippen LogP) is 5.93. The molecule has 0 aliphatic rings. The number of benzene rings is 3. The first-order chi connectivity index (χ1) is 15.7. The Morgan fingerprint density at radius 2 is 1.47 bits per heavy atom. The van der Waals surface area contributed by atoms with Gasteiger partial charge in [0.2, 0.25) is 11.8 Å². The fourth-order valence-corrected chi connectivity index (χ4v) is 2.80. The number of amides is 1. The van der Waals surface area contributed by atoms with E-state index in [1.54, 1.807) is 30.3 Å². The molecule has 1 heterocycles. The third-order valence-corrected chi connectivity index (χ3v) is 4.25. The standard InChI is InChI=1S/C25H20N4O3/c1-2-24(30)29-19-8-6-7-18(15-19)28-23-16-25(27-17-26-23)32-22-13-11-21(12-14-22)31-20-9-4-3-5-10-20/h2-17H,1H2,(H,29,30)(H,26,27,28). The summed E-state index contributed by atoms with van der Waals surface area (Å²) in [6, 6.07) is 25.7. The van der Waals surface area contributed by atoms with Crippen LogP contribution in [0.2, 0.25) is 0 Å². The molecule has 0 atom stereocenters. The van der Waals surface area contributed by atoms with Crippen LogP contribution in [-0.2, 0) is 4.79 Å². The summed E-state index contributed by atoms with van der Waals surface area (Å²) in [7, 11) is 0. The molecule has 0 radical (unpaired) electrons.